The Morgan fingerprint density at radius 3 is 2.71 bits per heavy atom. The third kappa shape index (κ3) is 4.56. The first kappa shape index (κ1) is 23.2. The summed E-state index contributed by atoms with van der Waals surface area (Å²) >= 11 is 12.2. The van der Waals surface area contributed by atoms with Crippen LogP contribution in [-0.2, 0) is 0 Å². The molecule has 0 fully saturated rings. The van der Waals surface area contributed by atoms with E-state index in [1.165, 1.54) is 4.68 Å². The van der Waals surface area contributed by atoms with Crippen LogP contribution in [0.25, 0.3) is 17.1 Å². The van der Waals surface area contributed by atoms with Gasteiger partial charge in [0.15, 0.2) is 5.69 Å². The summed E-state index contributed by atoms with van der Waals surface area (Å²) in [4.78, 5) is 13.1. The van der Waals surface area contributed by atoms with E-state index < -0.39 is 5.91 Å². The number of carbonyl (C=O) groups excluding carboxylic acids is 1. The third-order valence-corrected chi connectivity index (χ3v) is 5.42. The number of nitrogen functional groups attached to an aromatic ring is 1. The summed E-state index contributed by atoms with van der Waals surface area (Å²) in [5, 5.41) is 20.1. The average molecular weight is 501 g/mol. The highest BCUT2D eigenvalue weighted by molar-refractivity contribution is 6.42. The number of nitrogens with two attached hydrogens (primary N) is 1. The van der Waals surface area contributed by atoms with Crippen molar-refractivity contribution in [2.45, 2.75) is 13.8 Å². The maximum atomic E-state index is 13.1. The number of nitrogens with zero attached hydrogens (tertiary/aromatic N) is 6. The van der Waals surface area contributed by atoms with Crippen molar-refractivity contribution in [3.05, 3.63) is 63.8 Å². The Hall–Kier alpha value is -3.96. The number of halogens is 2. The van der Waals surface area contributed by atoms with E-state index in [4.69, 9.17) is 33.7 Å². The number of aromatic nitrogens is 5. The molecule has 34 heavy (non-hydrogen) atoms. The fraction of sp³-hybridized carbons (Fsp3) is 0.143. The minimum absolute atomic E-state index is 0.0421. The van der Waals surface area contributed by atoms with Crippen molar-refractivity contribution >= 4 is 40.6 Å². The van der Waals surface area contributed by atoms with Crippen LogP contribution in [0.3, 0.4) is 0 Å². The van der Waals surface area contributed by atoms with Gasteiger partial charge in [-0.1, -0.05) is 46.6 Å². The molecule has 2 aromatic heterocycles. The second-order valence-electron chi connectivity index (χ2n) is 6.87. The van der Waals surface area contributed by atoms with Gasteiger partial charge in [-0.2, -0.15) is 9.78 Å². The number of hydrogen-bond acceptors (Lipinski definition) is 9. The van der Waals surface area contributed by atoms with Crippen LogP contribution in [0.15, 0.2) is 52.2 Å². The average Bonchev–Trinajstić information content (AvgIpc) is 3.45. The van der Waals surface area contributed by atoms with Crippen LogP contribution in [-0.4, -0.2) is 43.5 Å². The fourth-order valence-corrected chi connectivity index (χ4v) is 3.42. The molecule has 0 atom stereocenters. The van der Waals surface area contributed by atoms with Crippen LogP contribution in [0.2, 0.25) is 10.0 Å². The topological polar surface area (TPSA) is 146 Å². The lowest BCUT2D eigenvalue weighted by Gasteiger charge is -2.10. The molecule has 11 nitrogen and oxygen atoms in total. The van der Waals surface area contributed by atoms with Crippen LogP contribution in [0.5, 0.6) is 5.75 Å². The largest absolute Gasteiger partial charge is 0.493 e. The molecular formula is C21H18Cl2N8O3. The highest BCUT2D eigenvalue weighted by Crippen LogP contribution is 2.31. The first-order chi connectivity index (χ1) is 16.4. The molecule has 0 aliphatic rings. The zero-order valence-corrected chi connectivity index (χ0v) is 19.5. The molecule has 0 saturated heterocycles. The predicted molar refractivity (Wildman–Crippen MR) is 126 cm³/mol. The molecule has 2 aromatic carbocycles. The summed E-state index contributed by atoms with van der Waals surface area (Å²) in [5.74, 6) is 0.0325. The molecule has 13 heteroatoms. The second kappa shape index (κ2) is 9.89. The van der Waals surface area contributed by atoms with Gasteiger partial charge in [0.2, 0.25) is 11.6 Å². The van der Waals surface area contributed by atoms with Crippen LogP contribution >= 0.6 is 23.2 Å². The number of para-hydroxylation sites is 1. The summed E-state index contributed by atoms with van der Waals surface area (Å²) in [6.07, 6.45) is 0. The van der Waals surface area contributed by atoms with E-state index >= 15 is 0 Å². The minimum Gasteiger partial charge on any atom is -0.493 e. The van der Waals surface area contributed by atoms with E-state index in [1.807, 2.05) is 31.2 Å². The van der Waals surface area contributed by atoms with Gasteiger partial charge in [0.1, 0.15) is 11.4 Å². The van der Waals surface area contributed by atoms with E-state index in [0.717, 1.165) is 5.56 Å². The molecule has 0 aliphatic carbocycles. The highest BCUT2D eigenvalue weighted by atomic mass is 35.5. The number of ether oxygens (including phenoxy) is 1. The number of rotatable bonds is 7. The normalized spacial score (nSPS) is 11.5. The Balaban J connectivity index is 1.72. The number of amides is 1. The molecule has 0 aliphatic heterocycles. The number of nitrogens with one attached hydrogen (secondary N) is 1. The fourth-order valence-electron chi connectivity index (χ4n) is 3.12. The predicted octanol–water partition coefficient (Wildman–Crippen LogP) is 3.76. The van der Waals surface area contributed by atoms with E-state index in [9.17, 15) is 4.79 Å². The maximum absolute atomic E-state index is 13.1. The van der Waals surface area contributed by atoms with E-state index in [0.29, 0.717) is 28.7 Å². The van der Waals surface area contributed by atoms with E-state index in [-0.39, 0.29) is 28.0 Å². The first-order valence-electron chi connectivity index (χ1n) is 9.97. The molecule has 0 bridgehead atoms. The number of hydrazone groups is 1. The van der Waals surface area contributed by atoms with Gasteiger partial charge in [-0.3, -0.25) is 4.79 Å². The first-order valence-corrected chi connectivity index (χ1v) is 10.7. The number of anilines is 1. The van der Waals surface area contributed by atoms with Gasteiger partial charge in [0.25, 0.3) is 5.91 Å². The Labute approximate surface area is 203 Å². The Kier molecular flexibility index (Phi) is 6.75. The smallest absolute Gasteiger partial charge is 0.294 e. The molecule has 0 radical (unpaired) electrons. The van der Waals surface area contributed by atoms with Crippen molar-refractivity contribution in [1.82, 2.24) is 30.7 Å². The lowest BCUT2D eigenvalue weighted by molar-refractivity contribution is 0.0950. The van der Waals surface area contributed by atoms with Crippen molar-refractivity contribution < 1.29 is 14.2 Å². The molecular weight excluding hydrogens is 483 g/mol. The van der Waals surface area contributed by atoms with Crippen LogP contribution in [0, 0.1) is 0 Å². The van der Waals surface area contributed by atoms with Crippen LogP contribution in [0.4, 0.5) is 5.82 Å². The number of benzene rings is 2. The van der Waals surface area contributed by atoms with Gasteiger partial charge < -0.3 is 10.5 Å². The van der Waals surface area contributed by atoms with Gasteiger partial charge in [-0.15, -0.1) is 5.10 Å². The Bertz CT molecular complexity index is 1380. The molecule has 4 rings (SSSR count). The number of hydrogen-bond donors (Lipinski definition) is 2. The van der Waals surface area contributed by atoms with Crippen molar-refractivity contribution in [3.8, 4) is 22.8 Å². The van der Waals surface area contributed by atoms with Crippen LogP contribution in [0.1, 0.15) is 29.9 Å². The maximum Gasteiger partial charge on any atom is 0.294 e. The summed E-state index contributed by atoms with van der Waals surface area (Å²) < 4.78 is 11.5. The van der Waals surface area contributed by atoms with Crippen molar-refractivity contribution in [3.63, 3.8) is 0 Å². The zero-order valence-electron chi connectivity index (χ0n) is 18.0. The Morgan fingerprint density at radius 1 is 1.21 bits per heavy atom. The van der Waals surface area contributed by atoms with Crippen molar-refractivity contribution in [2.75, 3.05) is 12.3 Å². The molecule has 4 aromatic rings. The van der Waals surface area contributed by atoms with E-state index in [1.54, 1.807) is 25.1 Å². The van der Waals surface area contributed by atoms with Gasteiger partial charge in [-0.05, 0) is 48.4 Å². The number of carbonyl (C=O) groups is 1. The SMILES string of the molecule is CCOc1ccccc1/C(C)=N\NC(=O)c1nnn(-c2nonc2N)c1-c1ccc(Cl)c(Cl)c1. The monoisotopic (exact) mass is 500 g/mol. The van der Waals surface area contributed by atoms with Gasteiger partial charge in [-0.25, -0.2) is 10.1 Å². The lowest BCUT2D eigenvalue weighted by atomic mass is 10.1. The molecule has 0 saturated carbocycles. The molecule has 3 N–H and O–H groups in total. The lowest BCUT2D eigenvalue weighted by Crippen LogP contribution is -2.21. The standard InChI is InChI=1S/C21H18Cl2N8O3/c1-3-33-16-7-5-4-6-13(16)11(2)25-27-21(32)17-18(12-8-9-14(22)15(23)10-12)31(30-26-17)20-19(24)28-34-29-20/h4-10H,3H2,1-2H3,(H2,24,28)(H,27,32)/b25-11-. The molecule has 2 heterocycles. The minimum atomic E-state index is -0.629. The van der Waals surface area contributed by atoms with E-state index in [2.05, 4.69) is 35.8 Å². The Morgan fingerprint density at radius 2 is 2.00 bits per heavy atom. The second-order valence-corrected chi connectivity index (χ2v) is 7.68. The molecule has 1 amide bonds. The van der Waals surface area contributed by atoms with Crippen molar-refractivity contribution in [1.29, 1.82) is 0 Å². The quantitative estimate of drug-likeness (QED) is 0.288. The zero-order chi connectivity index (χ0) is 24.2. The summed E-state index contributed by atoms with van der Waals surface area (Å²) in [5.41, 5.74) is 10.3. The third-order valence-electron chi connectivity index (χ3n) is 4.68. The van der Waals surface area contributed by atoms with Crippen molar-refractivity contribution in [2.24, 2.45) is 5.10 Å². The van der Waals surface area contributed by atoms with Gasteiger partial charge in [0.05, 0.1) is 22.4 Å². The highest BCUT2D eigenvalue weighted by Gasteiger charge is 2.25. The van der Waals surface area contributed by atoms with Gasteiger partial charge in [0, 0.05) is 11.1 Å². The molecule has 0 unspecified atom stereocenters. The van der Waals surface area contributed by atoms with Crippen LogP contribution < -0.4 is 15.9 Å². The molecule has 174 valence electrons. The summed E-state index contributed by atoms with van der Waals surface area (Å²) in [6, 6.07) is 12.2. The summed E-state index contributed by atoms with van der Waals surface area (Å²) in [7, 11) is 0. The van der Waals surface area contributed by atoms with Gasteiger partial charge >= 0.3 is 0 Å². The summed E-state index contributed by atoms with van der Waals surface area (Å²) in [6.45, 7) is 4.12. The molecule has 0 spiro atoms.